The third kappa shape index (κ3) is 3.77. The maximum absolute atomic E-state index is 12.6. The minimum absolute atomic E-state index is 0.103. The van der Waals surface area contributed by atoms with Crippen LogP contribution in [-0.2, 0) is 14.8 Å². The first kappa shape index (κ1) is 17.3. The van der Waals surface area contributed by atoms with Gasteiger partial charge in [-0.1, -0.05) is 11.6 Å². The number of hydrogen-bond acceptors (Lipinski definition) is 5. The zero-order valence-corrected chi connectivity index (χ0v) is 15.1. The van der Waals surface area contributed by atoms with Crippen LogP contribution >= 0.6 is 22.9 Å². The molecular formula is C15H16ClN3O3S2. The van der Waals surface area contributed by atoms with Gasteiger partial charge in [-0.3, -0.25) is 4.79 Å². The lowest BCUT2D eigenvalue weighted by Crippen LogP contribution is -2.41. The van der Waals surface area contributed by atoms with E-state index in [0.717, 1.165) is 0 Å². The van der Waals surface area contributed by atoms with Gasteiger partial charge >= 0.3 is 0 Å². The SMILES string of the molecule is O=C(Nc1nccs1)C1CCN(S(=O)(=O)c2ccc(Cl)cc2)CC1. The summed E-state index contributed by atoms with van der Waals surface area (Å²) in [7, 11) is -3.55. The summed E-state index contributed by atoms with van der Waals surface area (Å²) < 4.78 is 26.6. The Morgan fingerprint density at radius 3 is 2.50 bits per heavy atom. The summed E-state index contributed by atoms with van der Waals surface area (Å²) in [6.45, 7) is 0.641. The quantitative estimate of drug-likeness (QED) is 0.877. The third-order valence-electron chi connectivity index (χ3n) is 3.94. The van der Waals surface area contributed by atoms with E-state index in [9.17, 15) is 13.2 Å². The van der Waals surface area contributed by atoms with Crippen molar-refractivity contribution in [2.75, 3.05) is 18.4 Å². The number of rotatable bonds is 4. The molecule has 1 saturated heterocycles. The van der Waals surface area contributed by atoms with Crippen LogP contribution < -0.4 is 5.32 Å². The average molecular weight is 386 g/mol. The van der Waals surface area contributed by atoms with Gasteiger partial charge in [-0.05, 0) is 37.1 Å². The summed E-state index contributed by atoms with van der Waals surface area (Å²) in [5.41, 5.74) is 0. The van der Waals surface area contributed by atoms with Gasteiger partial charge < -0.3 is 5.32 Å². The number of aromatic nitrogens is 1. The van der Waals surface area contributed by atoms with Crippen LogP contribution in [0.15, 0.2) is 40.7 Å². The number of carbonyl (C=O) groups excluding carboxylic acids is 1. The second kappa shape index (κ2) is 7.18. The molecule has 1 aromatic heterocycles. The molecule has 9 heteroatoms. The van der Waals surface area contributed by atoms with Crippen molar-refractivity contribution in [1.29, 1.82) is 0 Å². The number of anilines is 1. The summed E-state index contributed by atoms with van der Waals surface area (Å²) >= 11 is 7.16. The summed E-state index contributed by atoms with van der Waals surface area (Å²) in [5, 5.41) is 5.62. The smallest absolute Gasteiger partial charge is 0.243 e. The fourth-order valence-electron chi connectivity index (χ4n) is 2.61. The molecule has 0 spiro atoms. The van der Waals surface area contributed by atoms with Gasteiger partial charge in [0.1, 0.15) is 0 Å². The predicted octanol–water partition coefficient (Wildman–Crippen LogP) is 2.84. The van der Waals surface area contributed by atoms with Crippen LogP contribution in [-0.4, -0.2) is 36.7 Å². The number of sulfonamides is 1. The van der Waals surface area contributed by atoms with E-state index in [2.05, 4.69) is 10.3 Å². The molecule has 0 radical (unpaired) electrons. The van der Waals surface area contributed by atoms with Crippen LogP contribution in [0.1, 0.15) is 12.8 Å². The predicted molar refractivity (Wildman–Crippen MR) is 93.7 cm³/mol. The largest absolute Gasteiger partial charge is 0.302 e. The summed E-state index contributed by atoms with van der Waals surface area (Å²) in [6, 6.07) is 6.11. The molecule has 2 aromatic rings. The van der Waals surface area contributed by atoms with E-state index < -0.39 is 10.0 Å². The topological polar surface area (TPSA) is 79.4 Å². The Bertz CT molecular complexity index is 799. The molecule has 1 aliphatic heterocycles. The van der Waals surface area contributed by atoms with Gasteiger partial charge in [0.15, 0.2) is 5.13 Å². The second-order valence-electron chi connectivity index (χ2n) is 5.46. The Balaban J connectivity index is 1.62. The fourth-order valence-corrected chi connectivity index (χ4v) is 4.73. The Morgan fingerprint density at radius 2 is 1.92 bits per heavy atom. The first-order chi connectivity index (χ1) is 11.5. The van der Waals surface area contributed by atoms with Crippen molar-refractivity contribution in [3.63, 3.8) is 0 Å². The number of amides is 1. The summed E-state index contributed by atoms with van der Waals surface area (Å²) in [5.74, 6) is -0.306. The van der Waals surface area contributed by atoms with Crippen LogP contribution in [0.5, 0.6) is 0 Å². The van der Waals surface area contributed by atoms with Gasteiger partial charge in [-0.25, -0.2) is 13.4 Å². The summed E-state index contributed by atoms with van der Waals surface area (Å²) in [6.07, 6.45) is 2.61. The molecule has 1 N–H and O–H groups in total. The molecule has 0 saturated carbocycles. The molecule has 0 bridgehead atoms. The van der Waals surface area contributed by atoms with Gasteiger partial charge in [-0.2, -0.15) is 4.31 Å². The van der Waals surface area contributed by atoms with Crippen molar-refractivity contribution in [1.82, 2.24) is 9.29 Å². The molecular weight excluding hydrogens is 370 g/mol. The third-order valence-corrected chi connectivity index (χ3v) is 6.79. The Hall–Kier alpha value is -1.48. The molecule has 1 fully saturated rings. The number of nitrogens with zero attached hydrogens (tertiary/aromatic N) is 2. The van der Waals surface area contributed by atoms with Crippen LogP contribution in [0.25, 0.3) is 0 Å². The van der Waals surface area contributed by atoms with Crippen LogP contribution in [0.4, 0.5) is 5.13 Å². The van der Waals surface area contributed by atoms with Gasteiger partial charge in [0.2, 0.25) is 15.9 Å². The minimum atomic E-state index is -3.55. The molecule has 128 valence electrons. The van der Waals surface area contributed by atoms with E-state index in [1.165, 1.54) is 27.8 Å². The highest BCUT2D eigenvalue weighted by Crippen LogP contribution is 2.25. The minimum Gasteiger partial charge on any atom is -0.302 e. The van der Waals surface area contributed by atoms with E-state index in [0.29, 0.717) is 36.1 Å². The molecule has 24 heavy (non-hydrogen) atoms. The maximum atomic E-state index is 12.6. The van der Waals surface area contributed by atoms with Crippen molar-refractivity contribution >= 4 is 44.0 Å². The van der Waals surface area contributed by atoms with Crippen molar-refractivity contribution in [2.45, 2.75) is 17.7 Å². The summed E-state index contributed by atoms with van der Waals surface area (Å²) in [4.78, 5) is 16.4. The van der Waals surface area contributed by atoms with Crippen LogP contribution in [0.3, 0.4) is 0 Å². The molecule has 1 amide bonds. The van der Waals surface area contributed by atoms with E-state index in [4.69, 9.17) is 11.6 Å². The molecule has 1 aromatic carbocycles. The maximum Gasteiger partial charge on any atom is 0.243 e. The molecule has 6 nitrogen and oxygen atoms in total. The molecule has 1 aliphatic rings. The molecule has 2 heterocycles. The first-order valence-electron chi connectivity index (χ1n) is 7.43. The first-order valence-corrected chi connectivity index (χ1v) is 10.1. The average Bonchev–Trinajstić information content (AvgIpc) is 3.08. The van der Waals surface area contributed by atoms with Crippen molar-refractivity contribution in [2.24, 2.45) is 5.92 Å². The second-order valence-corrected chi connectivity index (χ2v) is 8.73. The van der Waals surface area contributed by atoms with Crippen molar-refractivity contribution in [3.05, 3.63) is 40.9 Å². The number of carbonyl (C=O) groups is 1. The monoisotopic (exact) mass is 385 g/mol. The van der Waals surface area contributed by atoms with E-state index in [-0.39, 0.29) is 16.7 Å². The van der Waals surface area contributed by atoms with Gasteiger partial charge in [0, 0.05) is 35.6 Å². The fraction of sp³-hybridized carbons (Fsp3) is 0.333. The van der Waals surface area contributed by atoms with Gasteiger partial charge in [0.25, 0.3) is 0 Å². The molecule has 0 atom stereocenters. The van der Waals surface area contributed by atoms with E-state index in [1.807, 2.05) is 0 Å². The number of thiazole rings is 1. The Morgan fingerprint density at radius 1 is 1.25 bits per heavy atom. The zero-order valence-electron chi connectivity index (χ0n) is 12.7. The van der Waals surface area contributed by atoms with E-state index in [1.54, 1.807) is 23.7 Å². The number of halogens is 1. The zero-order chi connectivity index (χ0) is 17.2. The normalized spacial score (nSPS) is 16.9. The standard InChI is InChI=1S/C15H16ClN3O3S2/c16-12-1-3-13(4-2-12)24(21,22)19-8-5-11(6-9-19)14(20)18-15-17-7-10-23-15/h1-4,7,10-11H,5-6,8-9H2,(H,17,18,20). The molecule has 0 aliphatic carbocycles. The highest BCUT2D eigenvalue weighted by molar-refractivity contribution is 7.89. The Labute approximate surface area is 149 Å². The van der Waals surface area contributed by atoms with E-state index >= 15 is 0 Å². The lowest BCUT2D eigenvalue weighted by atomic mass is 9.97. The van der Waals surface area contributed by atoms with Crippen LogP contribution in [0, 0.1) is 5.92 Å². The van der Waals surface area contributed by atoms with Crippen LogP contribution in [0.2, 0.25) is 5.02 Å². The van der Waals surface area contributed by atoms with Gasteiger partial charge in [0.05, 0.1) is 4.90 Å². The highest BCUT2D eigenvalue weighted by atomic mass is 35.5. The lowest BCUT2D eigenvalue weighted by Gasteiger charge is -2.30. The Kier molecular flexibility index (Phi) is 5.19. The number of benzene rings is 1. The molecule has 0 unspecified atom stereocenters. The van der Waals surface area contributed by atoms with Crippen molar-refractivity contribution in [3.8, 4) is 0 Å². The number of hydrogen-bond donors (Lipinski definition) is 1. The number of nitrogens with one attached hydrogen (secondary N) is 1. The van der Waals surface area contributed by atoms with Crippen molar-refractivity contribution < 1.29 is 13.2 Å². The highest BCUT2D eigenvalue weighted by Gasteiger charge is 2.32. The van der Waals surface area contributed by atoms with Gasteiger partial charge in [-0.15, -0.1) is 11.3 Å². The number of piperidine rings is 1. The lowest BCUT2D eigenvalue weighted by molar-refractivity contribution is -0.120. The molecule has 3 rings (SSSR count).